The number of carbonyl (C=O) groups is 1. The molecule has 21 heavy (non-hydrogen) atoms. The van der Waals surface area contributed by atoms with Gasteiger partial charge < -0.3 is 19.9 Å². The molecule has 5 nitrogen and oxygen atoms in total. The fourth-order valence-corrected chi connectivity index (χ4v) is 3.60. The van der Waals surface area contributed by atoms with Crippen LogP contribution in [0.25, 0.3) is 0 Å². The third-order valence-electron chi connectivity index (χ3n) is 3.17. The zero-order valence-electron chi connectivity index (χ0n) is 11.4. The molecule has 0 bridgehead atoms. The fourth-order valence-electron chi connectivity index (χ4n) is 2.09. The Morgan fingerprint density at radius 3 is 2.52 bits per heavy atom. The van der Waals surface area contributed by atoms with E-state index in [4.69, 9.17) is 14.6 Å². The van der Waals surface area contributed by atoms with Gasteiger partial charge in [-0.15, -0.1) is 0 Å². The fraction of sp³-hybridized carbons (Fsp3) is 0.500. The lowest BCUT2D eigenvalue weighted by molar-refractivity contribution is -0.124. The van der Waals surface area contributed by atoms with E-state index in [1.54, 1.807) is 12.1 Å². The average Bonchev–Trinajstić information content (AvgIpc) is 2.47. The summed E-state index contributed by atoms with van der Waals surface area (Å²) in [5, 5.41) is 12.1. The normalized spacial score (nSPS) is 15.8. The number of hydrogen-bond acceptors (Lipinski definition) is 4. The summed E-state index contributed by atoms with van der Waals surface area (Å²) in [6.45, 7) is 1.27. The first kappa shape index (κ1) is 16.7. The Kier molecular flexibility index (Phi) is 6.47. The smallest absolute Gasteiger partial charge is 0.258 e. The number of benzene rings is 1. The van der Waals surface area contributed by atoms with Gasteiger partial charge in [0.15, 0.2) is 6.61 Å². The first-order chi connectivity index (χ1) is 10.1. The summed E-state index contributed by atoms with van der Waals surface area (Å²) in [5.41, 5.74) is 0.757. The third kappa shape index (κ3) is 4.95. The topological polar surface area (TPSA) is 67.8 Å². The minimum absolute atomic E-state index is 0.0486. The van der Waals surface area contributed by atoms with Crippen LogP contribution < -0.4 is 10.1 Å². The zero-order chi connectivity index (χ0) is 15.2. The van der Waals surface area contributed by atoms with Crippen molar-refractivity contribution in [3.8, 4) is 5.75 Å². The molecule has 1 saturated heterocycles. The van der Waals surface area contributed by atoms with Gasteiger partial charge in [-0.05, 0) is 62.4 Å². The quantitative estimate of drug-likeness (QED) is 0.764. The van der Waals surface area contributed by atoms with Crippen LogP contribution in [0.1, 0.15) is 18.4 Å². The lowest BCUT2D eigenvalue weighted by Crippen LogP contribution is -2.41. The minimum atomic E-state index is -0.146. The van der Waals surface area contributed by atoms with Crippen LogP contribution in [0.4, 0.5) is 0 Å². The molecule has 1 aliphatic rings. The number of aliphatic hydroxyl groups is 1. The van der Waals surface area contributed by atoms with Crippen molar-refractivity contribution in [2.24, 2.45) is 0 Å². The maximum absolute atomic E-state index is 11.9. The summed E-state index contributed by atoms with van der Waals surface area (Å²) >= 11 is 6.75. The van der Waals surface area contributed by atoms with Crippen LogP contribution in [0, 0.1) is 0 Å². The number of halogens is 2. The van der Waals surface area contributed by atoms with Crippen molar-refractivity contribution in [1.82, 2.24) is 5.32 Å². The average molecular weight is 423 g/mol. The van der Waals surface area contributed by atoms with Crippen molar-refractivity contribution in [2.75, 3.05) is 19.8 Å². The molecule has 2 rings (SSSR count). The molecule has 0 spiro atoms. The Morgan fingerprint density at radius 1 is 1.33 bits per heavy atom. The summed E-state index contributed by atoms with van der Waals surface area (Å²) in [7, 11) is 0. The summed E-state index contributed by atoms with van der Waals surface area (Å²) in [4.78, 5) is 11.9. The molecule has 0 aliphatic carbocycles. The van der Waals surface area contributed by atoms with Gasteiger partial charge in [0.1, 0.15) is 5.75 Å². The van der Waals surface area contributed by atoms with Crippen molar-refractivity contribution >= 4 is 37.8 Å². The highest BCUT2D eigenvalue weighted by molar-refractivity contribution is 9.11. The molecular weight excluding hydrogens is 406 g/mol. The molecule has 2 N–H and O–H groups in total. The second-order valence-electron chi connectivity index (χ2n) is 4.79. The highest BCUT2D eigenvalue weighted by Gasteiger charge is 2.17. The molecule has 0 radical (unpaired) electrons. The second kappa shape index (κ2) is 8.12. The minimum Gasteiger partial charge on any atom is -0.481 e. The molecule has 1 aliphatic heterocycles. The van der Waals surface area contributed by atoms with Crippen molar-refractivity contribution in [3.05, 3.63) is 26.6 Å². The van der Waals surface area contributed by atoms with E-state index in [0.29, 0.717) is 27.9 Å². The number of amides is 1. The highest BCUT2D eigenvalue weighted by Crippen LogP contribution is 2.34. The van der Waals surface area contributed by atoms with Crippen LogP contribution in [0.5, 0.6) is 5.75 Å². The van der Waals surface area contributed by atoms with E-state index in [9.17, 15) is 4.79 Å². The molecule has 0 atom stereocenters. The molecule has 0 aromatic heterocycles. The maximum Gasteiger partial charge on any atom is 0.258 e. The number of nitrogens with one attached hydrogen (secondary N) is 1. The van der Waals surface area contributed by atoms with Crippen molar-refractivity contribution < 1.29 is 19.4 Å². The van der Waals surface area contributed by atoms with Gasteiger partial charge in [-0.3, -0.25) is 4.79 Å². The predicted molar refractivity (Wildman–Crippen MR) is 85.2 cm³/mol. The van der Waals surface area contributed by atoms with Crippen molar-refractivity contribution in [1.29, 1.82) is 0 Å². The monoisotopic (exact) mass is 421 g/mol. The van der Waals surface area contributed by atoms with Crippen LogP contribution in [-0.4, -0.2) is 36.9 Å². The van der Waals surface area contributed by atoms with Gasteiger partial charge in [0.2, 0.25) is 0 Å². The van der Waals surface area contributed by atoms with Crippen molar-refractivity contribution in [2.45, 2.75) is 25.5 Å². The summed E-state index contributed by atoms with van der Waals surface area (Å²) in [5.74, 6) is 0.404. The second-order valence-corrected chi connectivity index (χ2v) is 6.50. The molecule has 1 heterocycles. The SMILES string of the molecule is O=C(COc1c(Br)cc(CO)cc1Br)NC1CCOCC1. The Morgan fingerprint density at radius 2 is 1.95 bits per heavy atom. The number of aliphatic hydroxyl groups excluding tert-OH is 1. The molecule has 1 aromatic rings. The van der Waals surface area contributed by atoms with Gasteiger partial charge in [0, 0.05) is 19.3 Å². The van der Waals surface area contributed by atoms with E-state index < -0.39 is 0 Å². The first-order valence-electron chi connectivity index (χ1n) is 6.69. The Labute approximate surface area is 140 Å². The molecular formula is C14H17Br2NO4. The molecule has 0 saturated carbocycles. The molecule has 7 heteroatoms. The van der Waals surface area contributed by atoms with Gasteiger partial charge in [0.05, 0.1) is 15.6 Å². The van der Waals surface area contributed by atoms with E-state index in [-0.39, 0.29) is 25.2 Å². The molecule has 1 amide bonds. The van der Waals surface area contributed by atoms with Gasteiger partial charge in [-0.1, -0.05) is 0 Å². The summed E-state index contributed by atoms with van der Waals surface area (Å²) < 4.78 is 12.2. The highest BCUT2D eigenvalue weighted by atomic mass is 79.9. The largest absolute Gasteiger partial charge is 0.481 e. The van der Waals surface area contributed by atoms with E-state index in [2.05, 4.69) is 37.2 Å². The van der Waals surface area contributed by atoms with E-state index in [1.165, 1.54) is 0 Å². The van der Waals surface area contributed by atoms with E-state index in [1.807, 2.05) is 0 Å². The number of ether oxygens (including phenoxy) is 2. The van der Waals surface area contributed by atoms with Crippen LogP contribution in [0.2, 0.25) is 0 Å². The zero-order valence-corrected chi connectivity index (χ0v) is 14.6. The predicted octanol–water partition coefficient (Wildman–Crippen LogP) is 2.38. The first-order valence-corrected chi connectivity index (χ1v) is 8.27. The van der Waals surface area contributed by atoms with Crippen LogP contribution >= 0.6 is 31.9 Å². The van der Waals surface area contributed by atoms with Crippen LogP contribution in [-0.2, 0) is 16.1 Å². The third-order valence-corrected chi connectivity index (χ3v) is 4.35. The summed E-state index contributed by atoms with van der Waals surface area (Å²) in [6.07, 6.45) is 1.68. The molecule has 1 aromatic carbocycles. The Hall–Kier alpha value is -0.630. The molecule has 1 fully saturated rings. The molecule has 0 unspecified atom stereocenters. The van der Waals surface area contributed by atoms with Crippen molar-refractivity contribution in [3.63, 3.8) is 0 Å². The van der Waals surface area contributed by atoms with E-state index >= 15 is 0 Å². The standard InChI is InChI=1S/C14H17Br2NO4/c15-11-5-9(7-18)6-12(16)14(11)21-8-13(19)17-10-1-3-20-4-2-10/h5-6,10,18H,1-4,7-8H2,(H,17,19). The van der Waals surface area contributed by atoms with Crippen LogP contribution in [0.3, 0.4) is 0 Å². The van der Waals surface area contributed by atoms with Gasteiger partial charge in [0.25, 0.3) is 5.91 Å². The summed E-state index contributed by atoms with van der Waals surface area (Å²) in [6, 6.07) is 3.69. The Balaban J connectivity index is 1.88. The van der Waals surface area contributed by atoms with Gasteiger partial charge in [-0.2, -0.15) is 0 Å². The van der Waals surface area contributed by atoms with E-state index in [0.717, 1.165) is 18.4 Å². The number of carbonyl (C=O) groups excluding carboxylic acids is 1. The number of hydrogen-bond donors (Lipinski definition) is 2. The maximum atomic E-state index is 11.9. The Bertz CT molecular complexity index is 481. The van der Waals surface area contributed by atoms with Gasteiger partial charge in [-0.25, -0.2) is 0 Å². The number of rotatable bonds is 5. The molecule has 116 valence electrons. The van der Waals surface area contributed by atoms with Gasteiger partial charge >= 0.3 is 0 Å². The van der Waals surface area contributed by atoms with Crippen LogP contribution in [0.15, 0.2) is 21.1 Å². The lowest BCUT2D eigenvalue weighted by Gasteiger charge is -2.23. The lowest BCUT2D eigenvalue weighted by atomic mass is 10.1.